The fourth-order valence-electron chi connectivity index (χ4n) is 2.53. The third kappa shape index (κ3) is 3.53. The highest BCUT2D eigenvalue weighted by Gasteiger charge is 2.16. The minimum atomic E-state index is -0.297. The van der Waals surface area contributed by atoms with E-state index in [0.29, 0.717) is 22.2 Å². The molecule has 23 heavy (non-hydrogen) atoms. The lowest BCUT2D eigenvalue weighted by atomic mass is 10.2. The molecule has 1 saturated heterocycles. The van der Waals surface area contributed by atoms with Gasteiger partial charge in [0.05, 0.1) is 12.1 Å². The number of rotatable bonds is 4. The van der Waals surface area contributed by atoms with Gasteiger partial charge < -0.3 is 15.0 Å². The Hall–Kier alpha value is -2.34. The zero-order valence-electron chi connectivity index (χ0n) is 12.8. The third-order valence-electron chi connectivity index (χ3n) is 3.73. The van der Waals surface area contributed by atoms with Gasteiger partial charge in [-0.15, -0.1) is 0 Å². The lowest BCUT2D eigenvalue weighted by Gasteiger charge is -2.16. The molecule has 0 spiro atoms. The highest BCUT2D eigenvalue weighted by Crippen LogP contribution is 2.27. The minimum absolute atomic E-state index is 0.297. The van der Waals surface area contributed by atoms with Crippen molar-refractivity contribution in [2.24, 2.45) is 0 Å². The number of halogens is 1. The van der Waals surface area contributed by atoms with Crippen LogP contribution in [0.25, 0.3) is 0 Å². The number of ether oxygens (including phenoxy) is 1. The Morgan fingerprint density at radius 1 is 1.26 bits per heavy atom. The summed E-state index contributed by atoms with van der Waals surface area (Å²) in [5, 5.41) is 3.22. The van der Waals surface area contributed by atoms with Gasteiger partial charge in [0.25, 0.3) is 5.91 Å². The van der Waals surface area contributed by atoms with E-state index in [4.69, 9.17) is 16.3 Å². The standard InChI is InChI=1S/C16H17ClN4O2/c1-23-14-5-4-11(8-12(14)17)20-16(22)13-9-15(19-10-18-13)21-6-2-3-7-21/h4-5,8-10H,2-3,6-7H2,1H3,(H,20,22). The van der Waals surface area contributed by atoms with Crippen LogP contribution in [0.3, 0.4) is 0 Å². The highest BCUT2D eigenvalue weighted by molar-refractivity contribution is 6.32. The molecule has 1 amide bonds. The normalized spacial score (nSPS) is 13.9. The number of hydrogen-bond acceptors (Lipinski definition) is 5. The average Bonchev–Trinajstić information content (AvgIpc) is 3.10. The van der Waals surface area contributed by atoms with Gasteiger partial charge in [-0.05, 0) is 31.0 Å². The summed E-state index contributed by atoms with van der Waals surface area (Å²) in [6, 6.07) is 6.78. The SMILES string of the molecule is COc1ccc(NC(=O)c2cc(N3CCCC3)ncn2)cc1Cl. The number of anilines is 2. The van der Waals surface area contributed by atoms with Crippen LogP contribution in [0.1, 0.15) is 23.3 Å². The number of nitrogens with zero attached hydrogens (tertiary/aromatic N) is 3. The topological polar surface area (TPSA) is 67.3 Å². The molecule has 2 heterocycles. The molecule has 1 aromatic carbocycles. The number of hydrogen-bond donors (Lipinski definition) is 1. The Labute approximate surface area is 139 Å². The van der Waals surface area contributed by atoms with Crippen molar-refractivity contribution >= 4 is 29.0 Å². The molecular formula is C16H17ClN4O2. The summed E-state index contributed by atoms with van der Waals surface area (Å²) in [4.78, 5) is 22.8. The molecule has 0 atom stereocenters. The Kier molecular flexibility index (Phi) is 4.62. The van der Waals surface area contributed by atoms with E-state index in [-0.39, 0.29) is 5.91 Å². The first-order chi connectivity index (χ1) is 11.2. The second kappa shape index (κ2) is 6.83. The van der Waals surface area contributed by atoms with Crippen LogP contribution in [0.15, 0.2) is 30.6 Å². The Bertz CT molecular complexity index is 717. The minimum Gasteiger partial charge on any atom is -0.495 e. The Balaban J connectivity index is 1.75. The number of methoxy groups -OCH3 is 1. The maximum absolute atomic E-state index is 12.4. The molecule has 0 aliphatic carbocycles. The van der Waals surface area contributed by atoms with Gasteiger partial charge in [-0.25, -0.2) is 9.97 Å². The van der Waals surface area contributed by atoms with Gasteiger partial charge in [0.2, 0.25) is 0 Å². The van der Waals surface area contributed by atoms with E-state index in [9.17, 15) is 4.79 Å². The number of amides is 1. The van der Waals surface area contributed by atoms with E-state index in [2.05, 4.69) is 20.2 Å². The van der Waals surface area contributed by atoms with Crippen molar-refractivity contribution in [1.82, 2.24) is 9.97 Å². The smallest absolute Gasteiger partial charge is 0.274 e. The molecule has 120 valence electrons. The van der Waals surface area contributed by atoms with E-state index in [1.54, 1.807) is 31.4 Å². The largest absolute Gasteiger partial charge is 0.495 e. The summed E-state index contributed by atoms with van der Waals surface area (Å²) in [5.41, 5.74) is 0.913. The second-order valence-corrected chi connectivity index (χ2v) is 5.67. The molecule has 1 aliphatic rings. The van der Waals surface area contributed by atoms with E-state index in [0.717, 1.165) is 31.7 Å². The van der Waals surface area contributed by atoms with Crippen molar-refractivity contribution in [3.63, 3.8) is 0 Å². The Morgan fingerprint density at radius 3 is 2.74 bits per heavy atom. The van der Waals surface area contributed by atoms with E-state index < -0.39 is 0 Å². The van der Waals surface area contributed by atoms with Gasteiger partial charge in [0.1, 0.15) is 23.6 Å². The van der Waals surface area contributed by atoms with Gasteiger partial charge >= 0.3 is 0 Å². The zero-order chi connectivity index (χ0) is 16.2. The first-order valence-corrected chi connectivity index (χ1v) is 7.77. The summed E-state index contributed by atoms with van der Waals surface area (Å²) in [5.74, 6) is 1.05. The molecule has 2 aromatic rings. The fourth-order valence-corrected chi connectivity index (χ4v) is 2.79. The van der Waals surface area contributed by atoms with Crippen LogP contribution in [0.2, 0.25) is 5.02 Å². The van der Waals surface area contributed by atoms with Crippen LogP contribution in [0.4, 0.5) is 11.5 Å². The quantitative estimate of drug-likeness (QED) is 0.932. The zero-order valence-corrected chi connectivity index (χ0v) is 13.5. The molecule has 1 aromatic heterocycles. The lowest BCUT2D eigenvalue weighted by molar-refractivity contribution is 0.102. The molecule has 3 rings (SSSR count). The summed E-state index contributed by atoms with van der Waals surface area (Å²) in [6.07, 6.45) is 3.72. The van der Waals surface area contributed by atoms with Crippen molar-refractivity contribution in [2.75, 3.05) is 30.4 Å². The third-order valence-corrected chi connectivity index (χ3v) is 4.02. The molecule has 1 N–H and O–H groups in total. The number of aromatic nitrogens is 2. The molecule has 0 saturated carbocycles. The van der Waals surface area contributed by atoms with Gasteiger partial charge in [-0.1, -0.05) is 11.6 Å². The average molecular weight is 333 g/mol. The van der Waals surface area contributed by atoms with Crippen LogP contribution in [-0.4, -0.2) is 36.1 Å². The summed E-state index contributed by atoms with van der Waals surface area (Å²) < 4.78 is 5.09. The predicted octanol–water partition coefficient (Wildman–Crippen LogP) is 2.99. The van der Waals surface area contributed by atoms with Crippen LogP contribution >= 0.6 is 11.6 Å². The molecule has 7 heteroatoms. The second-order valence-electron chi connectivity index (χ2n) is 5.26. The maximum atomic E-state index is 12.4. The van der Waals surface area contributed by atoms with Crippen LogP contribution in [0, 0.1) is 0 Å². The molecule has 6 nitrogen and oxygen atoms in total. The number of benzene rings is 1. The van der Waals surface area contributed by atoms with Crippen molar-refractivity contribution in [3.8, 4) is 5.75 Å². The van der Waals surface area contributed by atoms with Crippen LogP contribution in [0.5, 0.6) is 5.75 Å². The maximum Gasteiger partial charge on any atom is 0.274 e. The van der Waals surface area contributed by atoms with E-state index >= 15 is 0 Å². The van der Waals surface area contributed by atoms with Gasteiger partial charge in [0.15, 0.2) is 0 Å². The first-order valence-electron chi connectivity index (χ1n) is 7.39. The number of carbonyl (C=O) groups excluding carboxylic acids is 1. The summed E-state index contributed by atoms with van der Waals surface area (Å²) >= 11 is 6.06. The van der Waals surface area contributed by atoms with Gasteiger partial charge in [0, 0.05) is 24.8 Å². The van der Waals surface area contributed by atoms with Crippen molar-refractivity contribution < 1.29 is 9.53 Å². The van der Waals surface area contributed by atoms with Crippen LogP contribution in [-0.2, 0) is 0 Å². The van der Waals surface area contributed by atoms with Crippen molar-refractivity contribution in [2.45, 2.75) is 12.8 Å². The van der Waals surface area contributed by atoms with Gasteiger partial charge in [-0.3, -0.25) is 4.79 Å². The predicted molar refractivity (Wildman–Crippen MR) is 89.4 cm³/mol. The van der Waals surface area contributed by atoms with Crippen LogP contribution < -0.4 is 15.0 Å². The van der Waals surface area contributed by atoms with E-state index in [1.807, 2.05) is 0 Å². The summed E-state index contributed by atoms with van der Waals surface area (Å²) in [6.45, 7) is 1.93. The fraction of sp³-hybridized carbons (Fsp3) is 0.312. The molecular weight excluding hydrogens is 316 g/mol. The molecule has 0 unspecified atom stereocenters. The van der Waals surface area contributed by atoms with Gasteiger partial charge in [-0.2, -0.15) is 0 Å². The van der Waals surface area contributed by atoms with Crippen molar-refractivity contribution in [3.05, 3.63) is 41.3 Å². The van der Waals surface area contributed by atoms with Crippen molar-refractivity contribution in [1.29, 1.82) is 0 Å². The highest BCUT2D eigenvalue weighted by atomic mass is 35.5. The number of nitrogens with one attached hydrogen (secondary N) is 1. The molecule has 1 aliphatic heterocycles. The Morgan fingerprint density at radius 2 is 2.04 bits per heavy atom. The molecule has 0 bridgehead atoms. The first kappa shape index (κ1) is 15.6. The van der Waals surface area contributed by atoms with E-state index in [1.165, 1.54) is 6.33 Å². The molecule has 0 radical (unpaired) electrons. The number of carbonyl (C=O) groups is 1. The monoisotopic (exact) mass is 332 g/mol. The summed E-state index contributed by atoms with van der Waals surface area (Å²) in [7, 11) is 1.54. The molecule has 1 fully saturated rings. The lowest BCUT2D eigenvalue weighted by Crippen LogP contribution is -2.21.